The Balaban J connectivity index is 1.79. The summed E-state index contributed by atoms with van der Waals surface area (Å²) in [7, 11) is -3.21. The van der Waals surface area contributed by atoms with Crippen molar-refractivity contribution >= 4 is 21.3 Å². The van der Waals surface area contributed by atoms with Gasteiger partial charge in [-0.05, 0) is 57.5 Å². The van der Waals surface area contributed by atoms with Gasteiger partial charge in [-0.15, -0.1) is 0 Å². The summed E-state index contributed by atoms with van der Waals surface area (Å²) in [5.74, 6) is 1.32. The number of pyridine rings is 1. The molecule has 1 aromatic carbocycles. The molecule has 0 atom stereocenters. The Hall–Kier alpha value is -2.80. The van der Waals surface area contributed by atoms with Crippen LogP contribution >= 0.6 is 0 Å². The molecule has 0 bridgehead atoms. The van der Waals surface area contributed by atoms with Crippen LogP contribution in [0.1, 0.15) is 32.0 Å². The van der Waals surface area contributed by atoms with Crippen molar-refractivity contribution in [2.45, 2.75) is 38.2 Å². The summed E-state index contributed by atoms with van der Waals surface area (Å²) in [6, 6.07) is 13.0. The number of nitrogens with zero attached hydrogens (tertiary/aromatic N) is 3. The second-order valence-corrected chi connectivity index (χ2v) is 10.4. The summed E-state index contributed by atoms with van der Waals surface area (Å²) < 4.78 is 24.0. The maximum Gasteiger partial charge on any atom is 0.161 e. The molecule has 3 rings (SSSR count). The summed E-state index contributed by atoms with van der Waals surface area (Å²) in [6.07, 6.45) is 3.41. The van der Waals surface area contributed by atoms with Crippen LogP contribution in [0.4, 0.5) is 11.5 Å². The molecule has 0 saturated carbocycles. The summed E-state index contributed by atoms with van der Waals surface area (Å²) >= 11 is 0. The molecule has 1 N–H and O–H groups in total. The lowest BCUT2D eigenvalue weighted by atomic mass is 10.2. The van der Waals surface area contributed by atoms with Crippen LogP contribution in [0.15, 0.2) is 54.9 Å². The number of rotatable bonds is 5. The van der Waals surface area contributed by atoms with E-state index in [1.54, 1.807) is 33.2 Å². The second-order valence-electron chi connectivity index (χ2n) is 7.65. The Morgan fingerprint density at radius 2 is 1.61 bits per heavy atom. The predicted molar refractivity (Wildman–Crippen MR) is 112 cm³/mol. The second kappa shape index (κ2) is 7.67. The first-order valence-electron chi connectivity index (χ1n) is 8.98. The molecule has 0 aliphatic rings. The van der Waals surface area contributed by atoms with E-state index in [0.29, 0.717) is 11.6 Å². The lowest BCUT2D eigenvalue weighted by molar-refractivity contribution is 0.559. The van der Waals surface area contributed by atoms with Gasteiger partial charge in [0.2, 0.25) is 0 Å². The Labute approximate surface area is 166 Å². The van der Waals surface area contributed by atoms with Crippen molar-refractivity contribution < 1.29 is 8.42 Å². The Bertz CT molecular complexity index is 1060. The number of aryl methyl sites for hydroxylation is 1. The fourth-order valence-corrected chi connectivity index (χ4v) is 3.60. The molecule has 2 aromatic heterocycles. The lowest BCUT2D eigenvalue weighted by Gasteiger charge is -2.19. The molecular formula is C21H24N4O2S. The highest BCUT2D eigenvalue weighted by molar-refractivity contribution is 7.91. The van der Waals surface area contributed by atoms with Crippen molar-refractivity contribution in [1.29, 1.82) is 0 Å². The van der Waals surface area contributed by atoms with Gasteiger partial charge in [0.15, 0.2) is 15.7 Å². The van der Waals surface area contributed by atoms with Gasteiger partial charge in [-0.25, -0.2) is 18.4 Å². The molecule has 0 radical (unpaired) electrons. The third kappa shape index (κ3) is 4.72. The highest BCUT2D eigenvalue weighted by Crippen LogP contribution is 2.23. The first kappa shape index (κ1) is 19.9. The number of anilines is 2. The van der Waals surface area contributed by atoms with Crippen molar-refractivity contribution in [3.63, 3.8) is 0 Å². The Morgan fingerprint density at radius 1 is 0.964 bits per heavy atom. The minimum atomic E-state index is -3.21. The summed E-state index contributed by atoms with van der Waals surface area (Å²) in [5.41, 5.74) is 3.33. The maximum absolute atomic E-state index is 12.4. The van der Waals surface area contributed by atoms with E-state index in [-0.39, 0.29) is 5.75 Å². The minimum absolute atomic E-state index is 0.0234. The van der Waals surface area contributed by atoms with Gasteiger partial charge in [0, 0.05) is 35.4 Å². The van der Waals surface area contributed by atoms with E-state index in [1.165, 1.54) is 0 Å². The molecule has 0 fully saturated rings. The first-order valence-corrected chi connectivity index (χ1v) is 10.6. The minimum Gasteiger partial charge on any atom is -0.340 e. The van der Waals surface area contributed by atoms with Crippen LogP contribution in [0.25, 0.3) is 11.4 Å². The van der Waals surface area contributed by atoms with E-state index in [1.807, 2.05) is 49.4 Å². The highest BCUT2D eigenvalue weighted by Gasteiger charge is 2.28. The van der Waals surface area contributed by atoms with Crippen LogP contribution < -0.4 is 5.32 Å². The van der Waals surface area contributed by atoms with Crippen LogP contribution in [0, 0.1) is 6.92 Å². The van der Waals surface area contributed by atoms with Crippen molar-refractivity contribution in [3.8, 4) is 11.4 Å². The van der Waals surface area contributed by atoms with Gasteiger partial charge in [0.25, 0.3) is 0 Å². The van der Waals surface area contributed by atoms with E-state index >= 15 is 0 Å². The van der Waals surface area contributed by atoms with E-state index in [4.69, 9.17) is 0 Å². The van der Waals surface area contributed by atoms with Crippen LogP contribution in [0.3, 0.4) is 0 Å². The molecule has 0 aliphatic heterocycles. The topological polar surface area (TPSA) is 84.8 Å². The molecular weight excluding hydrogens is 372 g/mol. The van der Waals surface area contributed by atoms with Crippen molar-refractivity contribution in [2.24, 2.45) is 0 Å². The molecule has 7 heteroatoms. The van der Waals surface area contributed by atoms with E-state index in [0.717, 1.165) is 22.5 Å². The third-order valence-electron chi connectivity index (χ3n) is 4.31. The van der Waals surface area contributed by atoms with E-state index in [9.17, 15) is 8.42 Å². The van der Waals surface area contributed by atoms with Gasteiger partial charge in [0.05, 0.1) is 10.5 Å². The molecule has 0 saturated heterocycles. The average molecular weight is 397 g/mol. The van der Waals surface area contributed by atoms with Gasteiger partial charge in [-0.3, -0.25) is 4.98 Å². The fourth-order valence-electron chi connectivity index (χ4n) is 2.53. The zero-order chi connectivity index (χ0) is 20.4. The zero-order valence-corrected chi connectivity index (χ0v) is 17.3. The van der Waals surface area contributed by atoms with Crippen LogP contribution in [0.5, 0.6) is 0 Å². The molecule has 0 unspecified atom stereocenters. The Kier molecular flexibility index (Phi) is 5.47. The Morgan fingerprint density at radius 3 is 2.21 bits per heavy atom. The van der Waals surface area contributed by atoms with Crippen molar-refractivity contribution in [1.82, 2.24) is 15.0 Å². The van der Waals surface area contributed by atoms with Crippen LogP contribution in [-0.4, -0.2) is 28.1 Å². The molecule has 3 aromatic rings. The quantitative estimate of drug-likeness (QED) is 0.692. The number of aromatic nitrogens is 3. The molecule has 0 aliphatic carbocycles. The van der Waals surface area contributed by atoms with Crippen molar-refractivity contribution in [2.75, 3.05) is 5.32 Å². The monoisotopic (exact) mass is 396 g/mol. The van der Waals surface area contributed by atoms with Gasteiger partial charge in [-0.2, -0.15) is 0 Å². The zero-order valence-electron chi connectivity index (χ0n) is 16.5. The fraction of sp³-hybridized carbons (Fsp3) is 0.286. The third-order valence-corrected chi connectivity index (χ3v) is 6.89. The van der Waals surface area contributed by atoms with E-state index in [2.05, 4.69) is 20.3 Å². The van der Waals surface area contributed by atoms with Crippen LogP contribution in [-0.2, 0) is 15.6 Å². The largest absolute Gasteiger partial charge is 0.340 e. The van der Waals surface area contributed by atoms with Gasteiger partial charge >= 0.3 is 0 Å². The smallest absolute Gasteiger partial charge is 0.161 e. The molecule has 6 nitrogen and oxygen atoms in total. The van der Waals surface area contributed by atoms with Gasteiger partial charge in [0.1, 0.15) is 5.82 Å². The molecule has 28 heavy (non-hydrogen) atoms. The molecule has 0 amide bonds. The standard InChI is InChI=1S/C21H24N4O2S/c1-15-13-19(25-20(23-15)17-9-11-22-12-10-17)24-18-7-5-16(6-8-18)14-28(26,27)21(2,3)4/h5-13H,14H2,1-4H3,(H,23,24,25). The number of nitrogens with one attached hydrogen (secondary N) is 1. The van der Waals surface area contributed by atoms with Crippen LogP contribution in [0.2, 0.25) is 0 Å². The summed E-state index contributed by atoms with van der Waals surface area (Å²) in [6.45, 7) is 7.07. The lowest BCUT2D eigenvalue weighted by Crippen LogP contribution is -2.29. The number of sulfone groups is 1. The van der Waals surface area contributed by atoms with Crippen molar-refractivity contribution in [3.05, 3.63) is 66.1 Å². The number of hydrogen-bond acceptors (Lipinski definition) is 6. The number of benzene rings is 1. The summed E-state index contributed by atoms with van der Waals surface area (Å²) in [4.78, 5) is 13.1. The predicted octanol–water partition coefficient (Wildman–Crippen LogP) is 4.30. The molecule has 0 spiro atoms. The SMILES string of the molecule is Cc1cc(Nc2ccc(CS(=O)(=O)C(C)(C)C)cc2)nc(-c2ccncc2)n1. The molecule has 146 valence electrons. The van der Waals surface area contributed by atoms with Gasteiger partial charge in [-0.1, -0.05) is 12.1 Å². The normalized spacial score (nSPS) is 12.0. The first-order chi connectivity index (χ1) is 13.1. The maximum atomic E-state index is 12.4. The average Bonchev–Trinajstić information content (AvgIpc) is 2.62. The summed E-state index contributed by atoms with van der Waals surface area (Å²) in [5, 5.41) is 3.26. The highest BCUT2D eigenvalue weighted by atomic mass is 32.2. The molecule has 2 heterocycles. The van der Waals surface area contributed by atoms with Gasteiger partial charge < -0.3 is 5.32 Å². The van der Waals surface area contributed by atoms with E-state index < -0.39 is 14.6 Å². The number of hydrogen-bond donors (Lipinski definition) is 1.